The molecule has 0 radical (unpaired) electrons. The second-order valence-electron chi connectivity index (χ2n) is 5.25. The summed E-state index contributed by atoms with van der Waals surface area (Å²) < 4.78 is 6.84. The first-order chi connectivity index (χ1) is 9.74. The van der Waals surface area contributed by atoms with Gasteiger partial charge in [0.05, 0.1) is 18.6 Å². The number of nitrogens with zero attached hydrogens (tertiary/aromatic N) is 1. The molecule has 1 saturated carbocycles. The van der Waals surface area contributed by atoms with Gasteiger partial charge in [0.2, 0.25) is 0 Å². The summed E-state index contributed by atoms with van der Waals surface area (Å²) in [5.41, 5.74) is 1.15. The van der Waals surface area contributed by atoms with E-state index in [1.807, 2.05) is 12.1 Å². The molecule has 0 bridgehead atoms. The SMILES string of the molecule is CCCOc1ccc(Br)cc1CNC1CCCC1C#N. The smallest absolute Gasteiger partial charge is 0.123 e. The Labute approximate surface area is 129 Å². The van der Waals surface area contributed by atoms with Crippen molar-refractivity contribution in [1.29, 1.82) is 5.26 Å². The first-order valence-electron chi connectivity index (χ1n) is 7.28. The minimum atomic E-state index is 0.155. The van der Waals surface area contributed by atoms with Crippen molar-refractivity contribution in [3.8, 4) is 11.8 Å². The molecule has 1 aliphatic carbocycles. The Morgan fingerprint density at radius 2 is 2.30 bits per heavy atom. The fraction of sp³-hybridized carbons (Fsp3) is 0.562. The van der Waals surface area contributed by atoms with Gasteiger partial charge in [0.15, 0.2) is 0 Å². The maximum atomic E-state index is 9.13. The Balaban J connectivity index is 2.00. The van der Waals surface area contributed by atoms with Gasteiger partial charge in [-0.25, -0.2) is 0 Å². The van der Waals surface area contributed by atoms with Gasteiger partial charge in [-0.3, -0.25) is 0 Å². The van der Waals surface area contributed by atoms with Gasteiger partial charge in [0, 0.05) is 22.6 Å². The minimum Gasteiger partial charge on any atom is -0.493 e. The largest absolute Gasteiger partial charge is 0.493 e. The van der Waals surface area contributed by atoms with Gasteiger partial charge in [-0.05, 0) is 37.5 Å². The van der Waals surface area contributed by atoms with Crippen LogP contribution in [0.25, 0.3) is 0 Å². The molecule has 1 aliphatic rings. The van der Waals surface area contributed by atoms with Gasteiger partial charge >= 0.3 is 0 Å². The predicted octanol–water partition coefficient (Wildman–Crippen LogP) is 4.02. The lowest BCUT2D eigenvalue weighted by molar-refractivity contribution is 0.312. The highest BCUT2D eigenvalue weighted by Crippen LogP contribution is 2.27. The molecule has 0 aromatic heterocycles. The van der Waals surface area contributed by atoms with Crippen molar-refractivity contribution in [2.45, 2.75) is 45.2 Å². The van der Waals surface area contributed by atoms with E-state index in [1.54, 1.807) is 0 Å². The average molecular weight is 337 g/mol. The van der Waals surface area contributed by atoms with Crippen LogP contribution >= 0.6 is 15.9 Å². The van der Waals surface area contributed by atoms with E-state index in [9.17, 15) is 0 Å². The molecule has 0 spiro atoms. The van der Waals surface area contributed by atoms with Crippen molar-refractivity contribution in [2.75, 3.05) is 6.61 Å². The zero-order valence-corrected chi connectivity index (χ0v) is 13.4. The van der Waals surface area contributed by atoms with Crippen LogP contribution in [0.3, 0.4) is 0 Å². The summed E-state index contributed by atoms with van der Waals surface area (Å²) >= 11 is 3.51. The van der Waals surface area contributed by atoms with Crippen molar-refractivity contribution in [2.24, 2.45) is 5.92 Å². The molecule has 0 aliphatic heterocycles. The lowest BCUT2D eigenvalue weighted by Gasteiger charge is -2.17. The Morgan fingerprint density at radius 3 is 3.05 bits per heavy atom. The number of rotatable bonds is 6. The molecule has 1 N–H and O–H groups in total. The number of nitriles is 1. The average Bonchev–Trinajstić information content (AvgIpc) is 2.91. The molecule has 4 heteroatoms. The number of ether oxygens (including phenoxy) is 1. The van der Waals surface area contributed by atoms with Gasteiger partial charge < -0.3 is 10.1 Å². The summed E-state index contributed by atoms with van der Waals surface area (Å²) in [5.74, 6) is 1.09. The van der Waals surface area contributed by atoms with Crippen LogP contribution in [0.4, 0.5) is 0 Å². The number of hydrogen-bond donors (Lipinski definition) is 1. The van der Waals surface area contributed by atoms with Crippen LogP contribution in [0.2, 0.25) is 0 Å². The monoisotopic (exact) mass is 336 g/mol. The van der Waals surface area contributed by atoms with Crippen LogP contribution in [-0.2, 0) is 6.54 Å². The summed E-state index contributed by atoms with van der Waals surface area (Å²) in [5, 5.41) is 12.6. The molecule has 20 heavy (non-hydrogen) atoms. The highest BCUT2D eigenvalue weighted by molar-refractivity contribution is 9.10. The third kappa shape index (κ3) is 3.97. The van der Waals surface area contributed by atoms with Crippen molar-refractivity contribution < 1.29 is 4.74 Å². The van der Waals surface area contributed by atoms with Gasteiger partial charge in [0.1, 0.15) is 5.75 Å². The first kappa shape index (κ1) is 15.3. The lowest BCUT2D eigenvalue weighted by Crippen LogP contribution is -2.31. The van der Waals surface area contributed by atoms with E-state index in [4.69, 9.17) is 10.00 Å². The molecule has 2 rings (SSSR count). The van der Waals surface area contributed by atoms with Crippen molar-refractivity contribution in [3.05, 3.63) is 28.2 Å². The molecule has 1 fully saturated rings. The summed E-state index contributed by atoms with van der Waals surface area (Å²) in [6, 6.07) is 8.83. The number of halogens is 1. The molecule has 2 atom stereocenters. The van der Waals surface area contributed by atoms with Crippen LogP contribution in [0.5, 0.6) is 5.75 Å². The fourth-order valence-corrected chi connectivity index (χ4v) is 3.05. The Bertz CT molecular complexity index is 484. The third-order valence-electron chi connectivity index (χ3n) is 3.72. The van der Waals surface area contributed by atoms with E-state index < -0.39 is 0 Å². The quantitative estimate of drug-likeness (QED) is 0.853. The molecule has 1 aromatic rings. The highest BCUT2D eigenvalue weighted by Gasteiger charge is 2.26. The molecule has 3 nitrogen and oxygen atoms in total. The van der Waals surface area contributed by atoms with E-state index >= 15 is 0 Å². The molecular weight excluding hydrogens is 316 g/mol. The minimum absolute atomic E-state index is 0.155. The summed E-state index contributed by atoms with van der Waals surface area (Å²) in [7, 11) is 0. The Kier molecular flexibility index (Phi) is 5.87. The van der Waals surface area contributed by atoms with Gasteiger partial charge in [0.25, 0.3) is 0 Å². The zero-order valence-electron chi connectivity index (χ0n) is 11.9. The Morgan fingerprint density at radius 1 is 1.45 bits per heavy atom. The molecule has 1 aromatic carbocycles. The standard InChI is InChI=1S/C16H21BrN2O/c1-2-8-20-16-7-6-14(17)9-13(16)11-19-15-5-3-4-12(15)10-18/h6-7,9,12,15,19H,2-5,8,11H2,1H3. The fourth-order valence-electron chi connectivity index (χ4n) is 2.64. The Hall–Kier alpha value is -1.05. The van der Waals surface area contributed by atoms with Crippen LogP contribution in [-0.4, -0.2) is 12.6 Å². The van der Waals surface area contributed by atoms with Crippen molar-refractivity contribution in [3.63, 3.8) is 0 Å². The van der Waals surface area contributed by atoms with E-state index in [-0.39, 0.29) is 5.92 Å². The second kappa shape index (κ2) is 7.66. The first-order valence-corrected chi connectivity index (χ1v) is 8.08. The summed E-state index contributed by atoms with van der Waals surface area (Å²) in [6.45, 7) is 3.59. The number of hydrogen-bond acceptors (Lipinski definition) is 3. The van der Waals surface area contributed by atoms with Crippen molar-refractivity contribution >= 4 is 15.9 Å². The molecule has 2 unspecified atom stereocenters. The van der Waals surface area contributed by atoms with Crippen LogP contribution in [0.1, 0.15) is 38.2 Å². The molecule has 108 valence electrons. The van der Waals surface area contributed by atoms with Crippen LogP contribution < -0.4 is 10.1 Å². The maximum absolute atomic E-state index is 9.13. The topological polar surface area (TPSA) is 45.0 Å². The predicted molar refractivity (Wildman–Crippen MR) is 83.5 cm³/mol. The molecule has 0 heterocycles. The molecular formula is C16H21BrN2O. The number of benzene rings is 1. The van der Waals surface area contributed by atoms with E-state index in [1.165, 1.54) is 0 Å². The maximum Gasteiger partial charge on any atom is 0.123 e. The van der Waals surface area contributed by atoms with Crippen LogP contribution in [0.15, 0.2) is 22.7 Å². The molecule has 0 saturated heterocycles. The second-order valence-corrected chi connectivity index (χ2v) is 6.17. The van der Waals surface area contributed by atoms with E-state index in [0.29, 0.717) is 6.04 Å². The van der Waals surface area contributed by atoms with Gasteiger partial charge in [-0.1, -0.05) is 29.3 Å². The summed E-state index contributed by atoms with van der Waals surface area (Å²) in [4.78, 5) is 0. The highest BCUT2D eigenvalue weighted by atomic mass is 79.9. The summed E-state index contributed by atoms with van der Waals surface area (Å²) in [6.07, 6.45) is 4.26. The lowest BCUT2D eigenvalue weighted by atomic mass is 10.1. The van der Waals surface area contributed by atoms with Crippen molar-refractivity contribution in [1.82, 2.24) is 5.32 Å². The van der Waals surface area contributed by atoms with E-state index in [2.05, 4.69) is 40.3 Å². The zero-order chi connectivity index (χ0) is 14.4. The molecule has 0 amide bonds. The van der Waals surface area contributed by atoms with Gasteiger partial charge in [-0.2, -0.15) is 5.26 Å². The third-order valence-corrected chi connectivity index (χ3v) is 4.21. The normalized spacial score (nSPS) is 21.6. The van der Waals surface area contributed by atoms with Crippen LogP contribution in [0, 0.1) is 17.2 Å². The van der Waals surface area contributed by atoms with Gasteiger partial charge in [-0.15, -0.1) is 0 Å². The van der Waals surface area contributed by atoms with E-state index in [0.717, 1.165) is 54.6 Å². The number of nitrogens with one attached hydrogen (secondary N) is 1.